The second kappa shape index (κ2) is 6.83. The highest BCUT2D eigenvalue weighted by Gasteiger charge is 2.11. The summed E-state index contributed by atoms with van der Waals surface area (Å²) >= 11 is 12.0. The lowest BCUT2D eigenvalue weighted by atomic mass is 10.1. The topological polar surface area (TPSA) is 38.3 Å². The van der Waals surface area contributed by atoms with Gasteiger partial charge in [-0.1, -0.05) is 47.5 Å². The zero-order valence-corrected chi connectivity index (χ0v) is 13.3. The number of rotatable bonds is 4. The Hall–Kier alpha value is -1.71. The third-order valence-electron chi connectivity index (χ3n) is 3.01. The highest BCUT2D eigenvalue weighted by molar-refractivity contribution is 6.37. The zero-order chi connectivity index (χ0) is 15.4. The summed E-state index contributed by atoms with van der Waals surface area (Å²) in [5.41, 5.74) is 2.80. The average Bonchev–Trinajstić information content (AvgIpc) is 2.42. The molecule has 3 nitrogen and oxygen atoms in total. The third kappa shape index (κ3) is 3.90. The van der Waals surface area contributed by atoms with Gasteiger partial charge in [-0.2, -0.15) is 0 Å². The fraction of sp³-hybridized carbons (Fsp3) is 0.188. The van der Waals surface area contributed by atoms with Gasteiger partial charge < -0.3 is 10.1 Å². The Balaban J connectivity index is 2.03. The van der Waals surface area contributed by atoms with Gasteiger partial charge in [0.25, 0.3) is 5.91 Å². The molecular formula is C16H15Cl2NO2. The fourth-order valence-electron chi connectivity index (χ4n) is 1.95. The van der Waals surface area contributed by atoms with E-state index in [4.69, 9.17) is 27.9 Å². The lowest BCUT2D eigenvalue weighted by Gasteiger charge is -2.13. The third-order valence-corrected chi connectivity index (χ3v) is 3.61. The fourth-order valence-corrected chi connectivity index (χ4v) is 2.45. The van der Waals surface area contributed by atoms with E-state index in [9.17, 15) is 4.79 Å². The van der Waals surface area contributed by atoms with Gasteiger partial charge in [-0.15, -0.1) is 0 Å². The van der Waals surface area contributed by atoms with Gasteiger partial charge in [-0.25, -0.2) is 0 Å². The quantitative estimate of drug-likeness (QED) is 0.890. The number of carbonyl (C=O) groups is 1. The van der Waals surface area contributed by atoms with Crippen molar-refractivity contribution >= 4 is 34.8 Å². The molecule has 0 saturated carbocycles. The molecule has 0 aromatic heterocycles. The van der Waals surface area contributed by atoms with Crippen molar-refractivity contribution in [1.29, 1.82) is 0 Å². The van der Waals surface area contributed by atoms with E-state index in [-0.39, 0.29) is 12.5 Å². The van der Waals surface area contributed by atoms with E-state index >= 15 is 0 Å². The molecule has 0 aliphatic carbocycles. The minimum atomic E-state index is -0.261. The van der Waals surface area contributed by atoms with Crippen LogP contribution in [-0.4, -0.2) is 12.5 Å². The Kier molecular flexibility index (Phi) is 5.10. The largest absolute Gasteiger partial charge is 0.481 e. The van der Waals surface area contributed by atoms with E-state index in [0.717, 1.165) is 16.8 Å². The molecule has 0 spiro atoms. The van der Waals surface area contributed by atoms with Crippen LogP contribution in [0.25, 0.3) is 0 Å². The number of aryl methyl sites for hydroxylation is 2. The molecule has 0 aliphatic rings. The van der Waals surface area contributed by atoms with E-state index in [2.05, 4.69) is 5.32 Å². The van der Waals surface area contributed by atoms with Crippen molar-refractivity contribution in [1.82, 2.24) is 0 Å². The van der Waals surface area contributed by atoms with Gasteiger partial charge in [0.05, 0.1) is 10.0 Å². The number of ether oxygens (including phenoxy) is 1. The van der Waals surface area contributed by atoms with Gasteiger partial charge in [0.2, 0.25) is 0 Å². The minimum absolute atomic E-state index is 0.156. The SMILES string of the molecule is Cc1cccc(C)c1NC(=O)COc1c(Cl)cccc1Cl. The van der Waals surface area contributed by atoms with Crippen molar-refractivity contribution in [3.05, 3.63) is 57.6 Å². The Morgan fingerprint density at radius 3 is 2.14 bits per heavy atom. The molecule has 21 heavy (non-hydrogen) atoms. The maximum atomic E-state index is 12.0. The van der Waals surface area contributed by atoms with Gasteiger partial charge in [0, 0.05) is 5.69 Å². The molecule has 2 aromatic carbocycles. The summed E-state index contributed by atoms with van der Waals surface area (Å²) in [6.45, 7) is 3.72. The first kappa shape index (κ1) is 15.7. The number of nitrogens with one attached hydrogen (secondary N) is 1. The predicted molar refractivity (Wildman–Crippen MR) is 86.5 cm³/mol. The number of anilines is 1. The Bertz CT molecular complexity index is 631. The zero-order valence-electron chi connectivity index (χ0n) is 11.7. The van der Waals surface area contributed by atoms with E-state index in [1.807, 2.05) is 32.0 Å². The van der Waals surface area contributed by atoms with E-state index in [1.165, 1.54) is 0 Å². The molecule has 2 aromatic rings. The van der Waals surface area contributed by atoms with Crippen LogP contribution in [0.4, 0.5) is 5.69 Å². The summed E-state index contributed by atoms with van der Waals surface area (Å²) in [5, 5.41) is 3.59. The predicted octanol–water partition coefficient (Wildman–Crippen LogP) is 4.63. The van der Waals surface area contributed by atoms with E-state index < -0.39 is 0 Å². The Labute approximate surface area is 133 Å². The summed E-state index contributed by atoms with van der Waals surface area (Å²) in [6.07, 6.45) is 0. The second-order valence-electron chi connectivity index (χ2n) is 4.65. The first-order valence-corrected chi connectivity index (χ1v) is 7.17. The molecule has 0 heterocycles. The molecule has 0 aliphatic heterocycles. The Morgan fingerprint density at radius 1 is 1.05 bits per heavy atom. The van der Waals surface area contributed by atoms with Gasteiger partial charge in [-0.05, 0) is 37.1 Å². The van der Waals surface area contributed by atoms with Crippen molar-refractivity contribution in [2.75, 3.05) is 11.9 Å². The van der Waals surface area contributed by atoms with Crippen molar-refractivity contribution < 1.29 is 9.53 Å². The molecule has 1 amide bonds. The highest BCUT2D eigenvalue weighted by Crippen LogP contribution is 2.32. The molecule has 2 rings (SSSR count). The molecule has 0 radical (unpaired) electrons. The molecule has 0 fully saturated rings. The van der Waals surface area contributed by atoms with Crippen LogP contribution in [0.1, 0.15) is 11.1 Å². The van der Waals surface area contributed by atoms with Crippen LogP contribution in [0, 0.1) is 13.8 Å². The monoisotopic (exact) mass is 323 g/mol. The summed E-state index contributed by atoms with van der Waals surface area (Å²) in [7, 11) is 0. The first-order chi connectivity index (χ1) is 9.99. The van der Waals surface area contributed by atoms with Crippen LogP contribution in [0.2, 0.25) is 10.0 Å². The normalized spacial score (nSPS) is 10.3. The second-order valence-corrected chi connectivity index (χ2v) is 5.47. The molecule has 0 saturated heterocycles. The van der Waals surface area contributed by atoms with E-state index in [1.54, 1.807) is 18.2 Å². The van der Waals surface area contributed by atoms with Crippen LogP contribution in [0.5, 0.6) is 5.75 Å². The molecule has 1 N–H and O–H groups in total. The first-order valence-electron chi connectivity index (χ1n) is 6.42. The van der Waals surface area contributed by atoms with Gasteiger partial charge in [0.15, 0.2) is 12.4 Å². The number of hydrogen-bond donors (Lipinski definition) is 1. The van der Waals surface area contributed by atoms with E-state index in [0.29, 0.717) is 15.8 Å². The van der Waals surface area contributed by atoms with Gasteiger partial charge in [0.1, 0.15) is 0 Å². The van der Waals surface area contributed by atoms with Crippen LogP contribution in [0.15, 0.2) is 36.4 Å². The van der Waals surface area contributed by atoms with Crippen LogP contribution < -0.4 is 10.1 Å². The van der Waals surface area contributed by atoms with Gasteiger partial charge >= 0.3 is 0 Å². The lowest BCUT2D eigenvalue weighted by Crippen LogP contribution is -2.21. The average molecular weight is 324 g/mol. The summed E-state index contributed by atoms with van der Waals surface area (Å²) < 4.78 is 5.41. The molecule has 110 valence electrons. The van der Waals surface area contributed by atoms with Crippen LogP contribution in [0.3, 0.4) is 0 Å². The maximum absolute atomic E-state index is 12.0. The number of amides is 1. The summed E-state index contributed by atoms with van der Waals surface area (Å²) in [4.78, 5) is 12.0. The molecule has 5 heteroatoms. The number of benzene rings is 2. The lowest BCUT2D eigenvalue weighted by molar-refractivity contribution is -0.118. The van der Waals surface area contributed by atoms with Crippen molar-refractivity contribution in [2.45, 2.75) is 13.8 Å². The number of para-hydroxylation sites is 2. The van der Waals surface area contributed by atoms with Crippen molar-refractivity contribution in [2.24, 2.45) is 0 Å². The number of halogens is 2. The highest BCUT2D eigenvalue weighted by atomic mass is 35.5. The molecule has 0 bridgehead atoms. The molecule has 0 unspecified atom stereocenters. The minimum Gasteiger partial charge on any atom is -0.481 e. The van der Waals surface area contributed by atoms with Crippen LogP contribution in [-0.2, 0) is 4.79 Å². The smallest absolute Gasteiger partial charge is 0.262 e. The Morgan fingerprint density at radius 2 is 1.57 bits per heavy atom. The van der Waals surface area contributed by atoms with Crippen molar-refractivity contribution in [3.63, 3.8) is 0 Å². The van der Waals surface area contributed by atoms with Crippen LogP contribution >= 0.6 is 23.2 Å². The maximum Gasteiger partial charge on any atom is 0.262 e. The number of hydrogen-bond acceptors (Lipinski definition) is 2. The van der Waals surface area contributed by atoms with Crippen molar-refractivity contribution in [3.8, 4) is 5.75 Å². The summed E-state index contributed by atoms with van der Waals surface area (Å²) in [6, 6.07) is 10.9. The van der Waals surface area contributed by atoms with Gasteiger partial charge in [-0.3, -0.25) is 4.79 Å². The number of carbonyl (C=O) groups excluding carboxylic acids is 1. The standard InChI is InChI=1S/C16H15Cl2NO2/c1-10-5-3-6-11(2)15(10)19-14(20)9-21-16-12(17)7-4-8-13(16)18/h3-8H,9H2,1-2H3,(H,19,20). The molecule has 0 atom stereocenters. The summed E-state index contributed by atoms with van der Waals surface area (Å²) in [5.74, 6) is 0.0564. The molecular weight excluding hydrogens is 309 g/mol.